The van der Waals surface area contributed by atoms with Crippen molar-refractivity contribution in [1.82, 2.24) is 4.98 Å². The third-order valence-electron chi connectivity index (χ3n) is 4.91. The molecule has 1 aromatic carbocycles. The van der Waals surface area contributed by atoms with Gasteiger partial charge in [0.25, 0.3) is 0 Å². The maximum absolute atomic E-state index is 12.2. The van der Waals surface area contributed by atoms with Crippen LogP contribution in [0, 0.1) is 5.92 Å². The van der Waals surface area contributed by atoms with Gasteiger partial charge in [0.05, 0.1) is 25.2 Å². The minimum absolute atomic E-state index is 0.00705. The predicted octanol–water partition coefficient (Wildman–Crippen LogP) is 2.99. The Bertz CT molecular complexity index is 644. The van der Waals surface area contributed by atoms with Crippen molar-refractivity contribution in [3.63, 3.8) is 0 Å². The van der Waals surface area contributed by atoms with E-state index in [-0.39, 0.29) is 30.0 Å². The lowest BCUT2D eigenvalue weighted by molar-refractivity contribution is -0.156. The van der Waals surface area contributed by atoms with E-state index < -0.39 is 0 Å². The van der Waals surface area contributed by atoms with Gasteiger partial charge in [0, 0.05) is 17.1 Å². The number of nitrogens with one attached hydrogen (secondary N) is 1. The maximum Gasteiger partial charge on any atom is 0.311 e. The molecule has 1 aromatic heterocycles. The van der Waals surface area contributed by atoms with E-state index in [1.165, 1.54) is 12.5 Å². The third kappa shape index (κ3) is 2.05. The van der Waals surface area contributed by atoms with Crippen molar-refractivity contribution >= 4 is 16.9 Å². The van der Waals surface area contributed by atoms with Crippen LogP contribution in [0.15, 0.2) is 30.3 Å². The number of methoxy groups -OCH3 is 1. The molecule has 2 saturated heterocycles. The number of hydrogen-bond acceptors (Lipinski definition) is 3. The molecule has 2 fully saturated rings. The molecule has 0 amide bonds. The molecule has 0 spiro atoms. The van der Waals surface area contributed by atoms with Crippen LogP contribution in [0.2, 0.25) is 0 Å². The van der Waals surface area contributed by atoms with E-state index in [1.54, 1.807) is 0 Å². The van der Waals surface area contributed by atoms with Crippen molar-refractivity contribution in [3.05, 3.63) is 36.0 Å². The fourth-order valence-electron chi connectivity index (χ4n) is 3.93. The second-order valence-corrected chi connectivity index (χ2v) is 6.08. The van der Waals surface area contributed by atoms with Crippen LogP contribution in [-0.2, 0) is 14.3 Å². The highest BCUT2D eigenvalue weighted by Crippen LogP contribution is 2.45. The molecular formula is C17H19NO3. The van der Waals surface area contributed by atoms with Gasteiger partial charge >= 0.3 is 5.97 Å². The van der Waals surface area contributed by atoms with Crippen molar-refractivity contribution in [1.29, 1.82) is 0 Å². The van der Waals surface area contributed by atoms with Gasteiger partial charge < -0.3 is 14.5 Å². The Labute approximate surface area is 123 Å². The second-order valence-electron chi connectivity index (χ2n) is 6.08. The number of hydrogen-bond donors (Lipinski definition) is 1. The van der Waals surface area contributed by atoms with Gasteiger partial charge in [-0.05, 0) is 36.8 Å². The minimum atomic E-state index is -0.193. The predicted molar refractivity (Wildman–Crippen MR) is 79.1 cm³/mol. The van der Waals surface area contributed by atoms with Crippen LogP contribution in [-0.4, -0.2) is 30.3 Å². The summed E-state index contributed by atoms with van der Waals surface area (Å²) < 4.78 is 11.0. The Balaban J connectivity index is 1.75. The van der Waals surface area contributed by atoms with Crippen molar-refractivity contribution in [2.75, 3.05) is 7.11 Å². The molecular weight excluding hydrogens is 266 g/mol. The molecule has 2 aliphatic heterocycles. The molecule has 1 N–H and O–H groups in total. The molecule has 0 saturated carbocycles. The van der Waals surface area contributed by atoms with E-state index in [4.69, 9.17) is 9.47 Å². The molecule has 4 heteroatoms. The largest absolute Gasteiger partial charge is 0.469 e. The number of carbonyl (C=O) groups is 1. The van der Waals surface area contributed by atoms with Crippen molar-refractivity contribution in [2.45, 2.75) is 37.4 Å². The first kappa shape index (κ1) is 12.9. The van der Waals surface area contributed by atoms with Crippen molar-refractivity contribution in [2.24, 2.45) is 5.92 Å². The quantitative estimate of drug-likeness (QED) is 0.863. The van der Waals surface area contributed by atoms with E-state index in [2.05, 4.69) is 23.2 Å². The first-order valence-corrected chi connectivity index (χ1v) is 7.57. The van der Waals surface area contributed by atoms with E-state index in [1.807, 2.05) is 12.1 Å². The number of aromatic nitrogens is 1. The SMILES string of the molecule is COC(=O)[C@@H]1C2CCC(C[C@@H]1c1cc3ccccc3[nH]1)O2. The zero-order valence-corrected chi connectivity index (χ0v) is 12.0. The zero-order chi connectivity index (χ0) is 14.4. The monoisotopic (exact) mass is 285 g/mol. The van der Waals surface area contributed by atoms with Gasteiger partial charge in [-0.2, -0.15) is 0 Å². The molecule has 21 heavy (non-hydrogen) atoms. The molecule has 2 bridgehead atoms. The molecule has 2 unspecified atom stereocenters. The average molecular weight is 285 g/mol. The first-order chi connectivity index (χ1) is 10.3. The molecule has 4 rings (SSSR count). The highest BCUT2D eigenvalue weighted by molar-refractivity contribution is 5.81. The number of esters is 1. The van der Waals surface area contributed by atoms with Gasteiger partial charge in [-0.15, -0.1) is 0 Å². The van der Waals surface area contributed by atoms with Gasteiger partial charge in [0.15, 0.2) is 0 Å². The van der Waals surface area contributed by atoms with Crippen LogP contribution in [0.3, 0.4) is 0 Å². The summed E-state index contributed by atoms with van der Waals surface area (Å²) in [6.07, 6.45) is 3.19. The molecule has 3 heterocycles. The molecule has 0 aliphatic carbocycles. The van der Waals surface area contributed by atoms with Crippen LogP contribution < -0.4 is 0 Å². The third-order valence-corrected chi connectivity index (χ3v) is 4.91. The number of ether oxygens (including phenoxy) is 2. The number of para-hydroxylation sites is 1. The zero-order valence-electron chi connectivity index (χ0n) is 12.0. The smallest absolute Gasteiger partial charge is 0.311 e. The molecule has 2 aromatic rings. The Morgan fingerprint density at radius 2 is 2.19 bits per heavy atom. The lowest BCUT2D eigenvalue weighted by atomic mass is 9.81. The number of carbonyl (C=O) groups excluding carboxylic acids is 1. The van der Waals surface area contributed by atoms with Gasteiger partial charge in [-0.1, -0.05) is 18.2 Å². The maximum atomic E-state index is 12.2. The minimum Gasteiger partial charge on any atom is -0.469 e. The summed E-state index contributed by atoms with van der Waals surface area (Å²) in [6, 6.07) is 10.4. The fourth-order valence-corrected chi connectivity index (χ4v) is 3.93. The lowest BCUT2D eigenvalue weighted by Gasteiger charge is -2.34. The first-order valence-electron chi connectivity index (χ1n) is 7.57. The lowest BCUT2D eigenvalue weighted by Crippen LogP contribution is -2.39. The summed E-state index contributed by atoms with van der Waals surface area (Å²) >= 11 is 0. The molecule has 0 radical (unpaired) electrons. The van der Waals surface area contributed by atoms with E-state index in [0.717, 1.165) is 30.5 Å². The Hall–Kier alpha value is -1.81. The molecule has 4 atom stereocenters. The standard InChI is InChI=1S/C17H19NO3/c1-20-17(19)16-12(9-11-6-7-15(16)21-11)14-8-10-4-2-3-5-13(10)18-14/h2-5,8,11-12,15-16,18H,6-7,9H2,1H3/t11?,12-,15?,16+/m1/s1. The summed E-state index contributed by atoms with van der Waals surface area (Å²) in [6.45, 7) is 0. The van der Waals surface area contributed by atoms with Crippen molar-refractivity contribution in [3.8, 4) is 0 Å². The van der Waals surface area contributed by atoms with Crippen LogP contribution in [0.4, 0.5) is 0 Å². The van der Waals surface area contributed by atoms with E-state index in [9.17, 15) is 4.79 Å². The number of rotatable bonds is 2. The van der Waals surface area contributed by atoms with Crippen LogP contribution in [0.5, 0.6) is 0 Å². The van der Waals surface area contributed by atoms with Gasteiger partial charge in [-0.25, -0.2) is 0 Å². The summed E-state index contributed by atoms with van der Waals surface area (Å²) in [5.41, 5.74) is 2.25. The van der Waals surface area contributed by atoms with Gasteiger partial charge in [-0.3, -0.25) is 4.79 Å². The topological polar surface area (TPSA) is 51.3 Å². The van der Waals surface area contributed by atoms with E-state index in [0.29, 0.717) is 0 Å². The number of fused-ring (bicyclic) bond motifs is 3. The molecule has 110 valence electrons. The summed E-state index contributed by atoms with van der Waals surface area (Å²) in [5.74, 6) is -0.179. The summed E-state index contributed by atoms with van der Waals surface area (Å²) in [7, 11) is 1.46. The fraction of sp³-hybridized carbons (Fsp3) is 0.471. The van der Waals surface area contributed by atoms with E-state index >= 15 is 0 Å². The average Bonchev–Trinajstić information content (AvgIpc) is 3.10. The van der Waals surface area contributed by atoms with Crippen molar-refractivity contribution < 1.29 is 14.3 Å². The Morgan fingerprint density at radius 1 is 1.33 bits per heavy atom. The van der Waals surface area contributed by atoms with Crippen LogP contribution >= 0.6 is 0 Å². The number of H-pyrrole nitrogens is 1. The highest BCUT2D eigenvalue weighted by atomic mass is 16.5. The molecule has 4 nitrogen and oxygen atoms in total. The highest BCUT2D eigenvalue weighted by Gasteiger charge is 2.48. The number of aromatic amines is 1. The summed E-state index contributed by atoms with van der Waals surface area (Å²) in [5, 5.41) is 1.19. The normalized spacial score (nSPS) is 31.5. The number of benzene rings is 1. The summed E-state index contributed by atoms with van der Waals surface area (Å²) in [4.78, 5) is 15.7. The molecule has 2 aliphatic rings. The van der Waals surface area contributed by atoms with Crippen LogP contribution in [0.1, 0.15) is 30.9 Å². The Morgan fingerprint density at radius 3 is 3.00 bits per heavy atom. The van der Waals surface area contributed by atoms with Gasteiger partial charge in [0.1, 0.15) is 0 Å². The Kier molecular flexibility index (Phi) is 3.00. The van der Waals surface area contributed by atoms with Gasteiger partial charge in [0.2, 0.25) is 0 Å². The second kappa shape index (κ2) is 4.88. The van der Waals surface area contributed by atoms with Crippen LogP contribution in [0.25, 0.3) is 10.9 Å².